The standard InChI is InChI=1S/C21H22ClN3O3/c1-13-9-16(14(2)25(13)12-15-7-5-6-8-23-15)21(26)24-18-11-19(27-3)17(22)10-20(18)28-4/h5-11H,12H2,1-4H3,(H,24,26). The molecule has 0 saturated heterocycles. The SMILES string of the molecule is COc1cc(NC(=O)c2cc(C)n(Cc3ccccn3)c2C)c(OC)cc1Cl. The molecule has 1 amide bonds. The minimum absolute atomic E-state index is 0.233. The number of rotatable bonds is 6. The number of amides is 1. The number of aromatic nitrogens is 2. The number of halogens is 1. The first kappa shape index (κ1) is 19.8. The van der Waals surface area contributed by atoms with Gasteiger partial charge in [-0.2, -0.15) is 0 Å². The molecule has 3 aromatic rings. The van der Waals surface area contributed by atoms with E-state index < -0.39 is 0 Å². The van der Waals surface area contributed by atoms with Gasteiger partial charge in [0, 0.05) is 29.7 Å². The Morgan fingerprint density at radius 1 is 1.14 bits per heavy atom. The molecule has 1 N–H and O–H groups in total. The van der Waals surface area contributed by atoms with Crippen LogP contribution in [0.2, 0.25) is 5.02 Å². The quantitative estimate of drug-likeness (QED) is 0.664. The molecule has 2 heterocycles. The number of methoxy groups -OCH3 is 2. The fraction of sp³-hybridized carbons (Fsp3) is 0.238. The molecule has 28 heavy (non-hydrogen) atoms. The van der Waals surface area contributed by atoms with Crippen molar-refractivity contribution in [3.05, 3.63) is 70.3 Å². The molecule has 0 aliphatic rings. The molecule has 0 aliphatic heterocycles. The Bertz CT molecular complexity index is 1000. The zero-order valence-corrected chi connectivity index (χ0v) is 17.0. The van der Waals surface area contributed by atoms with Crippen LogP contribution in [0.25, 0.3) is 0 Å². The van der Waals surface area contributed by atoms with Gasteiger partial charge >= 0.3 is 0 Å². The van der Waals surface area contributed by atoms with E-state index in [4.69, 9.17) is 21.1 Å². The zero-order chi connectivity index (χ0) is 20.3. The predicted octanol–water partition coefficient (Wildman–Crippen LogP) is 4.47. The van der Waals surface area contributed by atoms with E-state index >= 15 is 0 Å². The predicted molar refractivity (Wildman–Crippen MR) is 110 cm³/mol. The number of benzene rings is 1. The maximum atomic E-state index is 12.9. The number of pyridine rings is 1. The number of anilines is 1. The average Bonchev–Trinajstić information content (AvgIpc) is 2.98. The molecule has 0 aliphatic carbocycles. The first-order valence-corrected chi connectivity index (χ1v) is 9.12. The van der Waals surface area contributed by atoms with E-state index in [1.54, 1.807) is 18.3 Å². The van der Waals surface area contributed by atoms with Crippen molar-refractivity contribution in [1.29, 1.82) is 0 Å². The summed E-state index contributed by atoms with van der Waals surface area (Å²) >= 11 is 6.13. The fourth-order valence-corrected chi connectivity index (χ4v) is 3.31. The van der Waals surface area contributed by atoms with E-state index in [1.807, 2.05) is 38.1 Å². The Morgan fingerprint density at radius 3 is 2.54 bits per heavy atom. The van der Waals surface area contributed by atoms with Crippen LogP contribution in [0, 0.1) is 13.8 Å². The third kappa shape index (κ3) is 3.97. The van der Waals surface area contributed by atoms with Crippen molar-refractivity contribution in [2.45, 2.75) is 20.4 Å². The number of nitrogens with zero attached hydrogens (tertiary/aromatic N) is 2. The highest BCUT2D eigenvalue weighted by Gasteiger charge is 2.19. The molecule has 2 aromatic heterocycles. The summed E-state index contributed by atoms with van der Waals surface area (Å²) in [6, 6.07) is 10.9. The van der Waals surface area contributed by atoms with Gasteiger partial charge in [-0.3, -0.25) is 9.78 Å². The average molecular weight is 400 g/mol. The summed E-state index contributed by atoms with van der Waals surface area (Å²) in [5.74, 6) is 0.683. The molecule has 0 bridgehead atoms. The van der Waals surface area contributed by atoms with Crippen LogP contribution >= 0.6 is 11.6 Å². The topological polar surface area (TPSA) is 65.4 Å². The van der Waals surface area contributed by atoms with E-state index in [0.29, 0.717) is 34.3 Å². The van der Waals surface area contributed by atoms with Gasteiger partial charge in [0.1, 0.15) is 11.5 Å². The third-order valence-electron chi connectivity index (χ3n) is 4.59. The summed E-state index contributed by atoms with van der Waals surface area (Å²) in [5, 5.41) is 3.30. The minimum Gasteiger partial charge on any atom is -0.495 e. The second-order valence-corrected chi connectivity index (χ2v) is 6.74. The first-order chi connectivity index (χ1) is 13.4. The molecule has 146 valence electrons. The van der Waals surface area contributed by atoms with Crippen LogP contribution in [-0.2, 0) is 6.54 Å². The molecule has 7 heteroatoms. The molecule has 0 fully saturated rings. The van der Waals surface area contributed by atoms with E-state index in [-0.39, 0.29) is 5.91 Å². The monoisotopic (exact) mass is 399 g/mol. The van der Waals surface area contributed by atoms with Crippen LogP contribution in [0.3, 0.4) is 0 Å². The normalized spacial score (nSPS) is 10.6. The summed E-state index contributed by atoms with van der Waals surface area (Å²) in [7, 11) is 3.04. The number of carbonyl (C=O) groups is 1. The highest BCUT2D eigenvalue weighted by Crippen LogP contribution is 2.36. The lowest BCUT2D eigenvalue weighted by Gasteiger charge is -2.13. The highest BCUT2D eigenvalue weighted by molar-refractivity contribution is 6.32. The summed E-state index contributed by atoms with van der Waals surface area (Å²) in [5.41, 5.74) is 3.85. The maximum Gasteiger partial charge on any atom is 0.257 e. The third-order valence-corrected chi connectivity index (χ3v) is 4.88. The lowest BCUT2D eigenvalue weighted by molar-refractivity contribution is 0.102. The molecular weight excluding hydrogens is 378 g/mol. The van der Waals surface area contributed by atoms with Gasteiger partial charge in [-0.1, -0.05) is 17.7 Å². The smallest absolute Gasteiger partial charge is 0.257 e. The van der Waals surface area contributed by atoms with Crippen molar-refractivity contribution < 1.29 is 14.3 Å². The fourth-order valence-electron chi connectivity index (χ4n) is 3.08. The first-order valence-electron chi connectivity index (χ1n) is 8.74. The van der Waals surface area contributed by atoms with Crippen LogP contribution in [0.4, 0.5) is 5.69 Å². The van der Waals surface area contributed by atoms with Gasteiger partial charge in [0.2, 0.25) is 0 Å². The molecule has 0 saturated carbocycles. The van der Waals surface area contributed by atoms with Crippen molar-refractivity contribution in [1.82, 2.24) is 9.55 Å². The number of ether oxygens (including phenoxy) is 2. The number of hydrogen-bond donors (Lipinski definition) is 1. The van der Waals surface area contributed by atoms with Crippen molar-refractivity contribution in [2.75, 3.05) is 19.5 Å². The summed E-state index contributed by atoms with van der Waals surface area (Å²) in [6.45, 7) is 4.49. The number of aryl methyl sites for hydroxylation is 1. The molecule has 1 aromatic carbocycles. The van der Waals surface area contributed by atoms with Gasteiger partial charge in [-0.25, -0.2) is 0 Å². The minimum atomic E-state index is -0.233. The largest absolute Gasteiger partial charge is 0.495 e. The summed E-state index contributed by atoms with van der Waals surface area (Å²) in [4.78, 5) is 17.3. The van der Waals surface area contributed by atoms with Crippen LogP contribution in [0.15, 0.2) is 42.6 Å². The van der Waals surface area contributed by atoms with Crippen LogP contribution < -0.4 is 14.8 Å². The van der Waals surface area contributed by atoms with Gasteiger partial charge in [0.15, 0.2) is 0 Å². The Labute approximate surface area is 169 Å². The van der Waals surface area contributed by atoms with E-state index in [9.17, 15) is 4.79 Å². The Balaban J connectivity index is 1.89. The van der Waals surface area contributed by atoms with Crippen molar-refractivity contribution in [3.8, 4) is 11.5 Å². The van der Waals surface area contributed by atoms with E-state index in [0.717, 1.165) is 17.1 Å². The summed E-state index contributed by atoms with van der Waals surface area (Å²) < 4.78 is 12.6. The van der Waals surface area contributed by atoms with Gasteiger partial charge in [0.25, 0.3) is 5.91 Å². The highest BCUT2D eigenvalue weighted by atomic mass is 35.5. The maximum absolute atomic E-state index is 12.9. The Morgan fingerprint density at radius 2 is 1.89 bits per heavy atom. The van der Waals surface area contributed by atoms with Gasteiger partial charge in [-0.15, -0.1) is 0 Å². The zero-order valence-electron chi connectivity index (χ0n) is 16.2. The molecule has 6 nitrogen and oxygen atoms in total. The lowest BCUT2D eigenvalue weighted by atomic mass is 10.2. The Hall–Kier alpha value is -2.99. The second-order valence-electron chi connectivity index (χ2n) is 6.33. The van der Waals surface area contributed by atoms with Gasteiger partial charge in [-0.05, 0) is 32.0 Å². The number of nitrogens with one attached hydrogen (secondary N) is 1. The van der Waals surface area contributed by atoms with Gasteiger partial charge in [0.05, 0.1) is 42.7 Å². The molecule has 0 radical (unpaired) electrons. The second kappa shape index (κ2) is 8.35. The van der Waals surface area contributed by atoms with Crippen molar-refractivity contribution >= 4 is 23.2 Å². The van der Waals surface area contributed by atoms with E-state index in [1.165, 1.54) is 14.2 Å². The van der Waals surface area contributed by atoms with Gasteiger partial charge < -0.3 is 19.4 Å². The van der Waals surface area contributed by atoms with Crippen LogP contribution in [-0.4, -0.2) is 29.7 Å². The van der Waals surface area contributed by atoms with Crippen molar-refractivity contribution in [2.24, 2.45) is 0 Å². The summed E-state index contributed by atoms with van der Waals surface area (Å²) in [6.07, 6.45) is 1.76. The number of carbonyl (C=O) groups excluding carboxylic acids is 1. The van der Waals surface area contributed by atoms with Crippen LogP contribution in [0.5, 0.6) is 11.5 Å². The number of hydrogen-bond acceptors (Lipinski definition) is 4. The Kier molecular flexibility index (Phi) is 5.90. The van der Waals surface area contributed by atoms with E-state index in [2.05, 4.69) is 14.9 Å². The molecule has 0 unspecified atom stereocenters. The van der Waals surface area contributed by atoms with Crippen molar-refractivity contribution in [3.63, 3.8) is 0 Å². The molecular formula is C21H22ClN3O3. The molecule has 0 spiro atoms. The molecule has 0 atom stereocenters. The lowest BCUT2D eigenvalue weighted by Crippen LogP contribution is -2.14. The molecule has 3 rings (SSSR count). The van der Waals surface area contributed by atoms with Crippen LogP contribution in [0.1, 0.15) is 27.4 Å².